The summed E-state index contributed by atoms with van der Waals surface area (Å²) >= 11 is 1.99. The first-order chi connectivity index (χ1) is 9.65. The van der Waals surface area contributed by atoms with Crippen molar-refractivity contribution in [2.45, 2.75) is 49.2 Å². The van der Waals surface area contributed by atoms with E-state index < -0.39 is 0 Å². The van der Waals surface area contributed by atoms with Gasteiger partial charge in [0.2, 0.25) is 5.96 Å². The first kappa shape index (κ1) is 14.9. The molecule has 1 aliphatic carbocycles. The topological polar surface area (TPSA) is 74.3 Å². The second kappa shape index (κ2) is 7.33. The second-order valence-electron chi connectivity index (χ2n) is 5.12. The van der Waals surface area contributed by atoms with E-state index in [4.69, 9.17) is 11.1 Å². The highest BCUT2D eigenvalue weighted by Gasteiger charge is 2.14. The number of nitrogens with two attached hydrogens (primary N) is 1. The quantitative estimate of drug-likeness (QED) is 0.452. The van der Waals surface area contributed by atoms with Crippen molar-refractivity contribution in [3.8, 4) is 0 Å². The largest absolute Gasteiger partial charge is 0.369 e. The number of hydrogen-bond acceptors (Lipinski definition) is 3. The van der Waals surface area contributed by atoms with Crippen molar-refractivity contribution in [2.75, 3.05) is 0 Å². The molecule has 20 heavy (non-hydrogen) atoms. The van der Waals surface area contributed by atoms with Crippen molar-refractivity contribution in [3.63, 3.8) is 0 Å². The zero-order valence-corrected chi connectivity index (χ0v) is 12.7. The Hall–Kier alpha value is -1.49. The van der Waals surface area contributed by atoms with E-state index in [2.05, 4.69) is 34.8 Å². The van der Waals surface area contributed by atoms with Gasteiger partial charge in [-0.25, -0.2) is 5.43 Å². The van der Waals surface area contributed by atoms with Crippen LogP contribution in [0.5, 0.6) is 0 Å². The van der Waals surface area contributed by atoms with Gasteiger partial charge in [0.15, 0.2) is 0 Å². The predicted octanol–water partition coefficient (Wildman–Crippen LogP) is 3.32. The van der Waals surface area contributed by atoms with Gasteiger partial charge in [-0.05, 0) is 37.5 Å². The molecule has 0 bridgehead atoms. The maximum Gasteiger partial charge on any atom is 0.206 e. The van der Waals surface area contributed by atoms with Crippen LogP contribution in [0.15, 0.2) is 34.3 Å². The van der Waals surface area contributed by atoms with Crippen LogP contribution in [0.2, 0.25) is 0 Å². The third-order valence-corrected chi connectivity index (χ3v) is 4.82. The Morgan fingerprint density at radius 3 is 2.50 bits per heavy atom. The summed E-state index contributed by atoms with van der Waals surface area (Å²) in [6.07, 6.45) is 6.83. The summed E-state index contributed by atoms with van der Waals surface area (Å²) in [7, 11) is 0. The molecule has 0 radical (unpaired) electrons. The second-order valence-corrected chi connectivity index (χ2v) is 6.50. The van der Waals surface area contributed by atoms with Crippen LogP contribution in [0.1, 0.15) is 44.6 Å². The molecule has 0 saturated heterocycles. The van der Waals surface area contributed by atoms with Gasteiger partial charge in [0.05, 0.1) is 5.71 Å². The Kier molecular flexibility index (Phi) is 5.47. The molecule has 1 saturated carbocycles. The lowest BCUT2D eigenvalue weighted by Gasteiger charge is -2.20. The van der Waals surface area contributed by atoms with Crippen molar-refractivity contribution in [1.29, 1.82) is 5.41 Å². The van der Waals surface area contributed by atoms with Crippen LogP contribution in [0.3, 0.4) is 0 Å². The van der Waals surface area contributed by atoms with E-state index >= 15 is 0 Å². The van der Waals surface area contributed by atoms with E-state index in [-0.39, 0.29) is 5.96 Å². The average molecular weight is 290 g/mol. The van der Waals surface area contributed by atoms with Gasteiger partial charge in [-0.3, -0.25) is 5.41 Å². The minimum atomic E-state index is -0.145. The molecular weight excluding hydrogens is 268 g/mol. The van der Waals surface area contributed by atoms with Crippen molar-refractivity contribution >= 4 is 23.4 Å². The SMILES string of the molecule is CC(=NNC(=N)N)c1ccc(SC2CCCCC2)cc1. The number of guanidine groups is 1. The summed E-state index contributed by atoms with van der Waals surface area (Å²) in [6.45, 7) is 1.90. The highest BCUT2D eigenvalue weighted by Crippen LogP contribution is 2.33. The summed E-state index contributed by atoms with van der Waals surface area (Å²) in [5.74, 6) is -0.145. The zero-order chi connectivity index (χ0) is 14.4. The van der Waals surface area contributed by atoms with Crippen LogP contribution < -0.4 is 11.2 Å². The minimum Gasteiger partial charge on any atom is -0.369 e. The minimum absolute atomic E-state index is 0.145. The van der Waals surface area contributed by atoms with Gasteiger partial charge in [0, 0.05) is 10.1 Å². The monoisotopic (exact) mass is 290 g/mol. The van der Waals surface area contributed by atoms with Crippen molar-refractivity contribution in [1.82, 2.24) is 5.43 Å². The summed E-state index contributed by atoms with van der Waals surface area (Å²) in [5.41, 5.74) is 9.55. The molecule has 0 unspecified atom stereocenters. The van der Waals surface area contributed by atoms with E-state index in [1.807, 2.05) is 18.7 Å². The maximum atomic E-state index is 7.08. The predicted molar refractivity (Wildman–Crippen MR) is 86.4 cm³/mol. The van der Waals surface area contributed by atoms with E-state index in [9.17, 15) is 0 Å². The number of nitrogens with one attached hydrogen (secondary N) is 2. The summed E-state index contributed by atoms with van der Waals surface area (Å²) in [6, 6.07) is 8.46. The normalized spacial score (nSPS) is 16.9. The molecule has 108 valence electrons. The fourth-order valence-corrected chi connectivity index (χ4v) is 3.61. The number of hydrogen-bond donors (Lipinski definition) is 3. The van der Waals surface area contributed by atoms with Crippen molar-refractivity contribution in [2.24, 2.45) is 10.8 Å². The first-order valence-electron chi connectivity index (χ1n) is 7.06. The Labute approximate surface area is 124 Å². The molecule has 1 fully saturated rings. The van der Waals surface area contributed by atoms with E-state index in [0.717, 1.165) is 16.5 Å². The third kappa shape index (κ3) is 4.56. The van der Waals surface area contributed by atoms with Crippen LogP contribution in [-0.2, 0) is 0 Å². The molecule has 4 N–H and O–H groups in total. The molecule has 5 heteroatoms. The van der Waals surface area contributed by atoms with Crippen LogP contribution in [-0.4, -0.2) is 16.9 Å². The number of thioether (sulfide) groups is 1. The number of rotatable bonds is 4. The fraction of sp³-hybridized carbons (Fsp3) is 0.467. The number of hydrazone groups is 1. The number of benzene rings is 1. The van der Waals surface area contributed by atoms with Gasteiger partial charge < -0.3 is 5.73 Å². The van der Waals surface area contributed by atoms with E-state index in [1.54, 1.807) is 0 Å². The molecule has 0 aromatic heterocycles. The third-order valence-electron chi connectivity index (χ3n) is 3.47. The smallest absolute Gasteiger partial charge is 0.206 e. The van der Waals surface area contributed by atoms with Crippen molar-refractivity contribution < 1.29 is 0 Å². The van der Waals surface area contributed by atoms with Gasteiger partial charge in [-0.15, -0.1) is 11.8 Å². The Balaban J connectivity index is 1.95. The molecular formula is C15H22N4S. The Morgan fingerprint density at radius 2 is 1.90 bits per heavy atom. The molecule has 1 aromatic rings. The van der Waals surface area contributed by atoms with Crippen molar-refractivity contribution in [3.05, 3.63) is 29.8 Å². The van der Waals surface area contributed by atoms with Crippen LogP contribution in [0.25, 0.3) is 0 Å². The lowest BCUT2D eigenvalue weighted by atomic mass is 10.0. The van der Waals surface area contributed by atoms with Gasteiger partial charge >= 0.3 is 0 Å². The van der Waals surface area contributed by atoms with Gasteiger partial charge in [-0.2, -0.15) is 5.10 Å². The van der Waals surface area contributed by atoms with Crippen LogP contribution in [0, 0.1) is 5.41 Å². The highest BCUT2D eigenvalue weighted by atomic mass is 32.2. The highest BCUT2D eigenvalue weighted by molar-refractivity contribution is 8.00. The molecule has 0 aliphatic heterocycles. The summed E-state index contributed by atoms with van der Waals surface area (Å²) in [5, 5.41) is 11.9. The molecule has 0 heterocycles. The Bertz CT molecular complexity index is 475. The molecule has 2 rings (SSSR count). The average Bonchev–Trinajstić information content (AvgIpc) is 2.46. The van der Waals surface area contributed by atoms with Crippen LogP contribution in [0.4, 0.5) is 0 Å². The first-order valence-corrected chi connectivity index (χ1v) is 7.94. The maximum absolute atomic E-state index is 7.08. The molecule has 1 aromatic carbocycles. The molecule has 1 aliphatic rings. The van der Waals surface area contributed by atoms with Gasteiger partial charge in [0.25, 0.3) is 0 Å². The molecule has 0 amide bonds. The van der Waals surface area contributed by atoms with Gasteiger partial charge in [-0.1, -0.05) is 31.4 Å². The van der Waals surface area contributed by atoms with Gasteiger partial charge in [0.1, 0.15) is 0 Å². The Morgan fingerprint density at radius 1 is 1.25 bits per heavy atom. The summed E-state index contributed by atoms with van der Waals surface area (Å²) < 4.78 is 0. The molecule has 0 spiro atoms. The lowest BCUT2D eigenvalue weighted by molar-refractivity contribution is 0.516. The zero-order valence-electron chi connectivity index (χ0n) is 11.9. The van der Waals surface area contributed by atoms with Crippen LogP contribution >= 0.6 is 11.8 Å². The molecule has 0 atom stereocenters. The standard InChI is InChI=1S/C15H22N4S/c1-11(18-19-15(16)17)12-7-9-14(10-8-12)20-13-5-3-2-4-6-13/h7-10,13H,2-6H2,1H3,(H4,16,17,19). The lowest BCUT2D eigenvalue weighted by Crippen LogP contribution is -2.26. The number of nitrogens with zero attached hydrogens (tertiary/aromatic N) is 1. The fourth-order valence-electron chi connectivity index (χ4n) is 2.36. The summed E-state index contributed by atoms with van der Waals surface area (Å²) in [4.78, 5) is 1.33. The van der Waals surface area contributed by atoms with E-state index in [0.29, 0.717) is 0 Å². The molecule has 4 nitrogen and oxygen atoms in total. The van der Waals surface area contributed by atoms with E-state index in [1.165, 1.54) is 37.0 Å².